The van der Waals surface area contributed by atoms with Crippen molar-refractivity contribution >= 4 is 5.78 Å². The van der Waals surface area contributed by atoms with E-state index < -0.39 is 5.60 Å². The minimum atomic E-state index is -0.891. The molecule has 1 aliphatic rings. The number of rotatable bonds is 11. The van der Waals surface area contributed by atoms with Crippen molar-refractivity contribution in [2.24, 2.45) is 22.7 Å². The predicted octanol–water partition coefficient (Wildman–Crippen LogP) is 7.42. The standard InChI is InChI=1S/2C17H26O3/c1-12(2)17(18)15(20-10-9-16(17,3)4)13-7-6-8-14(11-13)19-5;1-13(2)16(18)17(3,4)9-10-20-12-14-7-6-8-15(11-14)19-5/h6-8,11-12,15,18H,9-10H2,1-5H3;6-8,11,13H,9-10,12H2,1-5H3. The number of methoxy groups -OCH3 is 2. The van der Waals surface area contributed by atoms with Crippen LogP contribution in [-0.4, -0.2) is 43.9 Å². The minimum absolute atomic E-state index is 0.0726. The Morgan fingerprint density at radius 1 is 1.02 bits per heavy atom. The molecule has 1 N–H and O–H groups in total. The highest BCUT2D eigenvalue weighted by Crippen LogP contribution is 2.52. The molecule has 1 fully saturated rings. The average Bonchev–Trinajstić information content (AvgIpc) is 2.92. The fourth-order valence-corrected chi connectivity index (χ4v) is 5.54. The van der Waals surface area contributed by atoms with Crippen LogP contribution in [0.2, 0.25) is 0 Å². The lowest BCUT2D eigenvalue weighted by atomic mass is 9.62. The Bertz CT molecular complexity index is 1070. The number of hydrogen-bond acceptors (Lipinski definition) is 6. The maximum Gasteiger partial charge on any atom is 0.141 e. The molecule has 6 heteroatoms. The van der Waals surface area contributed by atoms with Gasteiger partial charge >= 0.3 is 0 Å². The highest BCUT2D eigenvalue weighted by atomic mass is 16.5. The molecule has 0 radical (unpaired) electrons. The molecule has 0 aromatic heterocycles. The molecule has 2 aromatic rings. The second-order valence-electron chi connectivity index (χ2n) is 12.7. The van der Waals surface area contributed by atoms with E-state index in [-0.39, 0.29) is 28.8 Å². The number of benzene rings is 2. The van der Waals surface area contributed by atoms with Gasteiger partial charge in [0.2, 0.25) is 0 Å². The monoisotopic (exact) mass is 556 g/mol. The normalized spacial score (nSPS) is 20.6. The molecule has 1 aliphatic heterocycles. The number of ether oxygens (including phenoxy) is 4. The summed E-state index contributed by atoms with van der Waals surface area (Å²) in [6.07, 6.45) is 1.29. The average molecular weight is 557 g/mol. The van der Waals surface area contributed by atoms with Gasteiger partial charge in [-0.2, -0.15) is 0 Å². The molecule has 2 aromatic carbocycles. The summed E-state index contributed by atoms with van der Waals surface area (Å²) in [5.41, 5.74) is 0.665. The summed E-state index contributed by atoms with van der Waals surface area (Å²) in [7, 11) is 3.30. The van der Waals surface area contributed by atoms with Gasteiger partial charge in [-0.1, -0.05) is 79.7 Å². The summed E-state index contributed by atoms with van der Waals surface area (Å²) < 4.78 is 22.1. The molecule has 1 heterocycles. The topological polar surface area (TPSA) is 74.2 Å². The Labute approximate surface area is 242 Å². The number of Topliss-reactive ketones (excluding diaryl/α,β-unsaturated/α-hetero) is 1. The first-order valence-corrected chi connectivity index (χ1v) is 14.4. The van der Waals surface area contributed by atoms with E-state index >= 15 is 0 Å². The first kappa shape index (κ1) is 33.8. The highest BCUT2D eigenvalue weighted by Gasteiger charge is 2.54. The van der Waals surface area contributed by atoms with E-state index in [2.05, 4.69) is 27.7 Å². The molecule has 40 heavy (non-hydrogen) atoms. The van der Waals surface area contributed by atoms with Crippen LogP contribution in [0.3, 0.4) is 0 Å². The number of carbonyl (C=O) groups is 1. The summed E-state index contributed by atoms with van der Waals surface area (Å²) in [5, 5.41) is 11.4. The van der Waals surface area contributed by atoms with Crippen molar-refractivity contribution in [1.29, 1.82) is 0 Å². The molecule has 3 rings (SSSR count). The summed E-state index contributed by atoms with van der Waals surface area (Å²) >= 11 is 0. The number of aliphatic hydroxyl groups is 1. The van der Waals surface area contributed by atoms with Crippen LogP contribution in [0.25, 0.3) is 0 Å². The Morgan fingerprint density at radius 2 is 1.62 bits per heavy atom. The second kappa shape index (κ2) is 14.5. The zero-order valence-electron chi connectivity index (χ0n) is 26.4. The van der Waals surface area contributed by atoms with Crippen molar-refractivity contribution in [2.75, 3.05) is 27.4 Å². The first-order valence-electron chi connectivity index (χ1n) is 14.4. The van der Waals surface area contributed by atoms with Crippen LogP contribution in [-0.2, 0) is 20.9 Å². The fraction of sp³-hybridized carbons (Fsp3) is 0.618. The smallest absolute Gasteiger partial charge is 0.141 e. The van der Waals surface area contributed by atoms with E-state index in [0.29, 0.717) is 25.6 Å². The van der Waals surface area contributed by atoms with E-state index in [1.807, 2.05) is 76.2 Å². The van der Waals surface area contributed by atoms with Crippen LogP contribution in [0.15, 0.2) is 48.5 Å². The minimum Gasteiger partial charge on any atom is -0.497 e. The van der Waals surface area contributed by atoms with Gasteiger partial charge < -0.3 is 24.1 Å². The molecule has 0 aliphatic carbocycles. The van der Waals surface area contributed by atoms with Gasteiger partial charge in [0.15, 0.2) is 0 Å². The largest absolute Gasteiger partial charge is 0.497 e. The lowest BCUT2D eigenvalue weighted by Gasteiger charge is -2.53. The molecule has 224 valence electrons. The van der Waals surface area contributed by atoms with Gasteiger partial charge in [-0.25, -0.2) is 0 Å². The van der Waals surface area contributed by atoms with Crippen molar-refractivity contribution in [3.8, 4) is 11.5 Å². The Morgan fingerprint density at radius 3 is 2.20 bits per heavy atom. The molecule has 0 amide bonds. The van der Waals surface area contributed by atoms with Crippen molar-refractivity contribution in [3.05, 3.63) is 59.7 Å². The van der Waals surface area contributed by atoms with Crippen LogP contribution < -0.4 is 9.47 Å². The van der Waals surface area contributed by atoms with Crippen LogP contribution >= 0.6 is 0 Å². The van der Waals surface area contributed by atoms with E-state index in [4.69, 9.17) is 18.9 Å². The van der Waals surface area contributed by atoms with E-state index in [1.165, 1.54) is 0 Å². The molecule has 6 nitrogen and oxygen atoms in total. The molecule has 2 unspecified atom stereocenters. The lowest BCUT2D eigenvalue weighted by molar-refractivity contribution is -0.234. The maximum absolute atomic E-state index is 12.0. The van der Waals surface area contributed by atoms with Gasteiger partial charge in [-0.3, -0.25) is 4.79 Å². The quantitative estimate of drug-likeness (QED) is 0.290. The third-order valence-electron chi connectivity index (χ3n) is 8.24. The van der Waals surface area contributed by atoms with Gasteiger partial charge in [0.25, 0.3) is 0 Å². The van der Waals surface area contributed by atoms with Gasteiger partial charge in [-0.05, 0) is 59.6 Å². The van der Waals surface area contributed by atoms with Gasteiger partial charge in [-0.15, -0.1) is 0 Å². The zero-order valence-corrected chi connectivity index (χ0v) is 26.4. The van der Waals surface area contributed by atoms with Crippen LogP contribution in [0, 0.1) is 22.7 Å². The van der Waals surface area contributed by atoms with Crippen LogP contribution in [0.5, 0.6) is 11.5 Å². The SMILES string of the molecule is COc1cccc(C2OCCC(C)(C)C2(O)C(C)C)c1.COc1cccc(COCCC(C)(C)C(=O)C(C)C)c1. The summed E-state index contributed by atoms with van der Waals surface area (Å²) in [6.45, 7) is 18.0. The second-order valence-corrected chi connectivity index (χ2v) is 12.7. The molecule has 0 spiro atoms. The number of carbonyl (C=O) groups excluding carboxylic acids is 1. The van der Waals surface area contributed by atoms with Crippen molar-refractivity contribution in [3.63, 3.8) is 0 Å². The van der Waals surface area contributed by atoms with Crippen molar-refractivity contribution < 1.29 is 28.8 Å². The molecule has 2 atom stereocenters. The summed E-state index contributed by atoms with van der Waals surface area (Å²) in [4.78, 5) is 12.0. The fourth-order valence-electron chi connectivity index (χ4n) is 5.54. The van der Waals surface area contributed by atoms with Crippen molar-refractivity contribution in [1.82, 2.24) is 0 Å². The summed E-state index contributed by atoms with van der Waals surface area (Å²) in [6, 6.07) is 15.6. The number of hydrogen-bond donors (Lipinski definition) is 1. The zero-order chi connectivity index (χ0) is 30.1. The van der Waals surface area contributed by atoms with E-state index in [9.17, 15) is 9.90 Å². The third-order valence-corrected chi connectivity index (χ3v) is 8.24. The van der Waals surface area contributed by atoms with Gasteiger partial charge in [0.05, 0.1) is 20.8 Å². The van der Waals surface area contributed by atoms with Gasteiger partial charge in [0, 0.05) is 24.5 Å². The number of ketones is 1. The Kier molecular flexibility index (Phi) is 12.2. The molecular formula is C34H52O6. The van der Waals surface area contributed by atoms with Crippen molar-refractivity contribution in [2.45, 2.75) is 86.5 Å². The van der Waals surface area contributed by atoms with Crippen LogP contribution in [0.4, 0.5) is 0 Å². The molecular weight excluding hydrogens is 504 g/mol. The molecule has 0 bridgehead atoms. The Hall–Kier alpha value is -2.41. The summed E-state index contributed by atoms with van der Waals surface area (Å²) in [5.74, 6) is 2.10. The Balaban J connectivity index is 0.000000280. The van der Waals surface area contributed by atoms with Crippen LogP contribution in [0.1, 0.15) is 85.5 Å². The molecule has 1 saturated heterocycles. The van der Waals surface area contributed by atoms with E-state index in [0.717, 1.165) is 35.5 Å². The van der Waals surface area contributed by atoms with E-state index in [1.54, 1.807) is 14.2 Å². The maximum atomic E-state index is 12.0. The third kappa shape index (κ3) is 8.31. The predicted molar refractivity (Wildman–Crippen MR) is 161 cm³/mol. The molecule has 0 saturated carbocycles. The van der Waals surface area contributed by atoms with Gasteiger partial charge in [0.1, 0.15) is 29.0 Å². The lowest BCUT2D eigenvalue weighted by Crippen LogP contribution is -2.57. The highest BCUT2D eigenvalue weighted by molar-refractivity contribution is 5.85. The first-order chi connectivity index (χ1) is 18.7.